The third-order valence-electron chi connectivity index (χ3n) is 4.96. The van der Waals surface area contributed by atoms with Crippen LogP contribution in [0.5, 0.6) is 0 Å². The molecule has 20 heavy (non-hydrogen) atoms. The molecule has 2 aliphatic rings. The Hall–Kier alpha value is -0.610. The Morgan fingerprint density at radius 3 is 2.55 bits per heavy atom. The molecule has 1 unspecified atom stereocenters. The van der Waals surface area contributed by atoms with Crippen LogP contribution in [0.2, 0.25) is 0 Å². The predicted molar refractivity (Wildman–Crippen MR) is 80.6 cm³/mol. The molecule has 0 bridgehead atoms. The van der Waals surface area contributed by atoms with Crippen LogP contribution >= 0.6 is 0 Å². The number of carbonyl (C=O) groups excluding carboxylic acids is 1. The smallest absolute Gasteiger partial charge is 0.227 e. The molecule has 2 aliphatic heterocycles. The maximum absolute atomic E-state index is 12.5. The van der Waals surface area contributed by atoms with Crippen molar-refractivity contribution in [3.8, 4) is 0 Å². The monoisotopic (exact) mass is 282 g/mol. The van der Waals surface area contributed by atoms with E-state index in [4.69, 9.17) is 4.74 Å². The summed E-state index contributed by atoms with van der Waals surface area (Å²) in [5, 5.41) is 0. The molecule has 1 atom stereocenters. The van der Waals surface area contributed by atoms with E-state index in [1.165, 1.54) is 19.3 Å². The van der Waals surface area contributed by atoms with Crippen molar-refractivity contribution in [1.82, 2.24) is 9.80 Å². The second-order valence-electron chi connectivity index (χ2n) is 6.28. The van der Waals surface area contributed by atoms with E-state index >= 15 is 0 Å². The van der Waals surface area contributed by atoms with Crippen LogP contribution in [0.25, 0.3) is 0 Å². The molecule has 0 saturated carbocycles. The Balaban J connectivity index is 1.69. The van der Waals surface area contributed by atoms with Crippen molar-refractivity contribution in [3.05, 3.63) is 0 Å². The number of ether oxygens (including phenoxy) is 1. The molecule has 1 amide bonds. The zero-order valence-corrected chi connectivity index (χ0v) is 13.1. The summed E-state index contributed by atoms with van der Waals surface area (Å²) < 4.78 is 5.11. The van der Waals surface area contributed by atoms with E-state index < -0.39 is 0 Å². The number of likely N-dealkylation sites (tertiary alicyclic amines) is 2. The van der Waals surface area contributed by atoms with Gasteiger partial charge in [0.25, 0.3) is 0 Å². The van der Waals surface area contributed by atoms with Crippen LogP contribution in [-0.2, 0) is 9.53 Å². The molecule has 116 valence electrons. The lowest BCUT2D eigenvalue weighted by Crippen LogP contribution is -2.42. The topological polar surface area (TPSA) is 32.8 Å². The van der Waals surface area contributed by atoms with Gasteiger partial charge in [-0.2, -0.15) is 0 Å². The number of rotatable bonds is 6. The number of amides is 1. The van der Waals surface area contributed by atoms with Gasteiger partial charge < -0.3 is 14.5 Å². The fourth-order valence-corrected chi connectivity index (χ4v) is 3.54. The summed E-state index contributed by atoms with van der Waals surface area (Å²) in [6.07, 6.45) is 5.83. The SMILES string of the molecule is CCN1CCC(C(=O)N2CCC(CCCOC)CC2)C1. The first-order valence-electron chi connectivity index (χ1n) is 8.24. The van der Waals surface area contributed by atoms with Gasteiger partial charge in [-0.1, -0.05) is 6.92 Å². The van der Waals surface area contributed by atoms with Gasteiger partial charge in [-0.15, -0.1) is 0 Å². The Morgan fingerprint density at radius 1 is 1.20 bits per heavy atom. The summed E-state index contributed by atoms with van der Waals surface area (Å²) in [4.78, 5) is 17.0. The van der Waals surface area contributed by atoms with Crippen LogP contribution < -0.4 is 0 Å². The predicted octanol–water partition coefficient (Wildman–Crippen LogP) is 1.99. The van der Waals surface area contributed by atoms with Crippen LogP contribution in [0, 0.1) is 11.8 Å². The Bertz CT molecular complexity index is 301. The first kappa shape index (κ1) is 15.8. The highest BCUT2D eigenvalue weighted by molar-refractivity contribution is 5.79. The lowest BCUT2D eigenvalue weighted by Gasteiger charge is -2.33. The summed E-state index contributed by atoms with van der Waals surface area (Å²) in [5.74, 6) is 1.47. The Morgan fingerprint density at radius 2 is 1.95 bits per heavy atom. The molecule has 2 heterocycles. The zero-order valence-electron chi connectivity index (χ0n) is 13.1. The average Bonchev–Trinajstić information content (AvgIpc) is 2.96. The van der Waals surface area contributed by atoms with Crippen LogP contribution in [0.1, 0.15) is 39.0 Å². The van der Waals surface area contributed by atoms with Crippen LogP contribution in [0.3, 0.4) is 0 Å². The normalized spacial score (nSPS) is 25.3. The van der Waals surface area contributed by atoms with E-state index in [0.29, 0.717) is 5.91 Å². The molecule has 0 aliphatic carbocycles. The second-order valence-corrected chi connectivity index (χ2v) is 6.28. The van der Waals surface area contributed by atoms with E-state index in [1.54, 1.807) is 7.11 Å². The highest BCUT2D eigenvalue weighted by atomic mass is 16.5. The average molecular weight is 282 g/mol. The number of hydrogen-bond donors (Lipinski definition) is 0. The first-order valence-corrected chi connectivity index (χ1v) is 8.24. The molecule has 4 nitrogen and oxygen atoms in total. The lowest BCUT2D eigenvalue weighted by atomic mass is 9.91. The fourth-order valence-electron chi connectivity index (χ4n) is 3.54. The molecule has 4 heteroatoms. The molecule has 0 N–H and O–H groups in total. The van der Waals surface area contributed by atoms with Crippen molar-refractivity contribution < 1.29 is 9.53 Å². The molecule has 2 saturated heterocycles. The highest BCUT2D eigenvalue weighted by Crippen LogP contribution is 2.25. The third kappa shape index (κ3) is 4.19. The van der Waals surface area contributed by atoms with Gasteiger partial charge >= 0.3 is 0 Å². The highest BCUT2D eigenvalue weighted by Gasteiger charge is 2.32. The largest absolute Gasteiger partial charge is 0.385 e. The Kier molecular flexibility index (Phi) is 6.30. The van der Waals surface area contributed by atoms with Crippen molar-refractivity contribution in [2.24, 2.45) is 11.8 Å². The van der Waals surface area contributed by atoms with Crippen molar-refractivity contribution in [3.63, 3.8) is 0 Å². The molecule has 0 spiro atoms. The summed E-state index contributed by atoms with van der Waals surface area (Å²) in [6.45, 7) is 8.14. The fraction of sp³-hybridized carbons (Fsp3) is 0.938. The molecular formula is C16H30N2O2. The Labute approximate surface area is 123 Å². The summed E-state index contributed by atoms with van der Waals surface area (Å²) >= 11 is 0. The standard InChI is InChI=1S/C16H30N2O2/c1-3-17-9-8-15(13-17)16(19)18-10-6-14(7-11-18)5-4-12-20-2/h14-15H,3-13H2,1-2H3. The molecular weight excluding hydrogens is 252 g/mol. The number of carbonyl (C=O) groups is 1. The molecule has 0 radical (unpaired) electrons. The van der Waals surface area contributed by atoms with Gasteiger partial charge in [-0.05, 0) is 51.1 Å². The van der Waals surface area contributed by atoms with Crippen molar-refractivity contribution in [2.75, 3.05) is 46.4 Å². The molecule has 2 fully saturated rings. The molecule has 0 aromatic carbocycles. The minimum Gasteiger partial charge on any atom is -0.385 e. The summed E-state index contributed by atoms with van der Waals surface area (Å²) in [7, 11) is 1.77. The van der Waals surface area contributed by atoms with E-state index in [0.717, 1.165) is 58.1 Å². The third-order valence-corrected chi connectivity index (χ3v) is 4.96. The lowest BCUT2D eigenvalue weighted by molar-refractivity contribution is -0.136. The number of methoxy groups -OCH3 is 1. The van der Waals surface area contributed by atoms with Gasteiger partial charge in [-0.25, -0.2) is 0 Å². The second kappa shape index (κ2) is 7.99. The number of nitrogens with zero attached hydrogens (tertiary/aromatic N) is 2. The van der Waals surface area contributed by atoms with Gasteiger partial charge in [0.1, 0.15) is 0 Å². The maximum Gasteiger partial charge on any atom is 0.227 e. The quantitative estimate of drug-likeness (QED) is 0.699. The number of hydrogen-bond acceptors (Lipinski definition) is 3. The molecule has 2 rings (SSSR count). The molecule has 0 aromatic rings. The summed E-state index contributed by atoms with van der Waals surface area (Å²) in [6, 6.07) is 0. The van der Waals surface area contributed by atoms with Gasteiger partial charge in [0.15, 0.2) is 0 Å². The van der Waals surface area contributed by atoms with Crippen LogP contribution in [0.15, 0.2) is 0 Å². The number of piperidine rings is 1. The van der Waals surface area contributed by atoms with E-state index in [1.807, 2.05) is 0 Å². The van der Waals surface area contributed by atoms with Gasteiger partial charge in [0.2, 0.25) is 5.91 Å². The van der Waals surface area contributed by atoms with Crippen molar-refractivity contribution in [2.45, 2.75) is 39.0 Å². The van der Waals surface area contributed by atoms with Crippen molar-refractivity contribution in [1.29, 1.82) is 0 Å². The van der Waals surface area contributed by atoms with Crippen LogP contribution in [-0.4, -0.2) is 62.1 Å². The van der Waals surface area contributed by atoms with Crippen LogP contribution in [0.4, 0.5) is 0 Å². The van der Waals surface area contributed by atoms with Gasteiger partial charge in [0, 0.05) is 33.4 Å². The minimum atomic E-state index is 0.264. The minimum absolute atomic E-state index is 0.264. The van der Waals surface area contributed by atoms with E-state index in [9.17, 15) is 4.79 Å². The van der Waals surface area contributed by atoms with Crippen molar-refractivity contribution >= 4 is 5.91 Å². The van der Waals surface area contributed by atoms with Gasteiger partial charge in [0.05, 0.1) is 5.92 Å². The van der Waals surface area contributed by atoms with E-state index in [2.05, 4.69) is 16.7 Å². The molecule has 0 aromatic heterocycles. The van der Waals surface area contributed by atoms with Gasteiger partial charge in [-0.3, -0.25) is 4.79 Å². The first-order chi connectivity index (χ1) is 9.74. The maximum atomic E-state index is 12.5. The zero-order chi connectivity index (χ0) is 14.4. The van der Waals surface area contributed by atoms with E-state index in [-0.39, 0.29) is 5.92 Å². The summed E-state index contributed by atoms with van der Waals surface area (Å²) in [5.41, 5.74) is 0.